The molecule has 1 saturated heterocycles. The minimum Gasteiger partial charge on any atom is -0.465 e. The molecule has 2 aromatic heterocycles. The first-order valence-electron chi connectivity index (χ1n) is 8.73. The zero-order chi connectivity index (χ0) is 21.5. The summed E-state index contributed by atoms with van der Waals surface area (Å²) in [6.07, 6.45) is -5.41. The number of aromatic nitrogens is 2. The van der Waals surface area contributed by atoms with E-state index >= 15 is 0 Å². The summed E-state index contributed by atoms with van der Waals surface area (Å²) in [5.74, 6) is -0.939. The van der Waals surface area contributed by atoms with E-state index in [2.05, 4.69) is 20.3 Å². The lowest BCUT2D eigenvalue weighted by Crippen LogP contribution is -2.54. The normalized spacial score (nSPS) is 26.3. The van der Waals surface area contributed by atoms with Gasteiger partial charge in [0, 0.05) is 17.5 Å². The first-order chi connectivity index (χ1) is 14.2. The number of aliphatic imine (C=N–C) groups is 1. The quantitative estimate of drug-likeness (QED) is 0.727. The van der Waals surface area contributed by atoms with Gasteiger partial charge in [-0.25, -0.2) is 15.0 Å². The van der Waals surface area contributed by atoms with Gasteiger partial charge in [-0.15, -0.1) is 11.3 Å². The summed E-state index contributed by atoms with van der Waals surface area (Å²) < 4.78 is 49.7. The van der Waals surface area contributed by atoms with E-state index in [1.807, 2.05) is 0 Å². The van der Waals surface area contributed by atoms with Crippen LogP contribution in [0.15, 0.2) is 28.7 Å². The average molecular weight is 462 g/mol. The predicted molar refractivity (Wildman–Crippen MR) is 102 cm³/mol. The highest BCUT2D eigenvalue weighted by molar-refractivity contribution is 7.10. The second-order valence-corrected chi connectivity index (χ2v) is 8.11. The molecule has 0 aliphatic carbocycles. The number of amides is 1. The number of rotatable bonds is 3. The summed E-state index contributed by atoms with van der Waals surface area (Å²) in [5, 5.41) is 4.92. The van der Waals surface area contributed by atoms with Gasteiger partial charge in [-0.2, -0.15) is 13.2 Å². The number of amidine groups is 1. The number of nitrogens with two attached hydrogens (primary N) is 1. The molecule has 8 nitrogen and oxygen atoms in total. The highest BCUT2D eigenvalue weighted by Crippen LogP contribution is 2.47. The Morgan fingerprint density at radius 2 is 2.20 bits per heavy atom. The molecule has 160 valence electrons. The Morgan fingerprint density at radius 1 is 1.40 bits per heavy atom. The van der Waals surface area contributed by atoms with Crippen molar-refractivity contribution in [3.8, 4) is 0 Å². The van der Waals surface area contributed by atoms with Crippen molar-refractivity contribution in [3.63, 3.8) is 0 Å². The van der Waals surface area contributed by atoms with Crippen LogP contribution in [0.5, 0.6) is 0 Å². The molecule has 0 radical (unpaired) electrons. The molecule has 0 unspecified atom stereocenters. The van der Waals surface area contributed by atoms with E-state index < -0.39 is 29.6 Å². The Bertz CT molecular complexity index is 984. The number of alkyl halides is 3. The number of nitrogens with zero attached hydrogens (tertiary/aromatic N) is 3. The third kappa shape index (κ3) is 3.94. The van der Waals surface area contributed by atoms with Gasteiger partial charge in [-0.3, -0.25) is 4.79 Å². The highest BCUT2D eigenvalue weighted by atomic mass is 35.5. The Kier molecular flexibility index (Phi) is 5.32. The number of ether oxygens (including phenoxy) is 2. The van der Waals surface area contributed by atoms with Gasteiger partial charge in [-0.05, 0) is 18.6 Å². The summed E-state index contributed by atoms with van der Waals surface area (Å²) in [5.41, 5.74) is 4.62. The number of anilines is 1. The van der Waals surface area contributed by atoms with E-state index in [9.17, 15) is 18.0 Å². The minimum atomic E-state index is -4.49. The zero-order valence-corrected chi connectivity index (χ0v) is 16.7. The van der Waals surface area contributed by atoms with Crippen LogP contribution < -0.4 is 11.1 Å². The molecule has 0 saturated carbocycles. The maximum atomic E-state index is 13.1. The molecule has 4 rings (SSSR count). The number of pyridine rings is 1. The van der Waals surface area contributed by atoms with Gasteiger partial charge in [0.1, 0.15) is 22.1 Å². The largest absolute Gasteiger partial charge is 0.465 e. The van der Waals surface area contributed by atoms with E-state index in [4.69, 9.17) is 26.8 Å². The van der Waals surface area contributed by atoms with Crippen molar-refractivity contribution >= 4 is 40.7 Å². The van der Waals surface area contributed by atoms with E-state index in [0.717, 1.165) is 11.3 Å². The lowest BCUT2D eigenvalue weighted by molar-refractivity contribution is -0.249. The molecule has 1 amide bonds. The summed E-state index contributed by atoms with van der Waals surface area (Å²) in [6.45, 7) is -0.396. The molecular weight excluding hydrogens is 447 g/mol. The van der Waals surface area contributed by atoms with Crippen LogP contribution in [-0.2, 0) is 15.0 Å². The Labute approximate surface area is 177 Å². The average Bonchev–Trinajstić information content (AvgIpc) is 3.16. The van der Waals surface area contributed by atoms with E-state index in [1.54, 1.807) is 5.38 Å². The van der Waals surface area contributed by atoms with Gasteiger partial charge in [-0.1, -0.05) is 11.6 Å². The zero-order valence-electron chi connectivity index (χ0n) is 15.1. The molecule has 2 aromatic rings. The molecule has 30 heavy (non-hydrogen) atoms. The van der Waals surface area contributed by atoms with Crippen molar-refractivity contribution in [1.82, 2.24) is 9.97 Å². The Balaban J connectivity index is 1.58. The molecule has 0 bridgehead atoms. The molecule has 2 aliphatic rings. The third-order valence-corrected chi connectivity index (χ3v) is 6.09. The van der Waals surface area contributed by atoms with E-state index in [-0.39, 0.29) is 37.2 Å². The van der Waals surface area contributed by atoms with Crippen molar-refractivity contribution in [3.05, 3.63) is 39.4 Å². The summed E-state index contributed by atoms with van der Waals surface area (Å²) in [6, 6.07) is 2.83. The van der Waals surface area contributed by atoms with Crippen LogP contribution in [0.25, 0.3) is 0 Å². The summed E-state index contributed by atoms with van der Waals surface area (Å²) in [4.78, 5) is 24.9. The number of thiazole rings is 1. The SMILES string of the molecule is NC1=N[C@@]2(c3nc(NC(=O)c4ccc(Cl)cn4)cs3)CO[C@@H](C(F)(F)F)C[C@H]2CO1. The Morgan fingerprint density at radius 3 is 2.90 bits per heavy atom. The number of fused-ring (bicyclic) bond motifs is 1. The first-order valence-corrected chi connectivity index (χ1v) is 9.98. The summed E-state index contributed by atoms with van der Waals surface area (Å²) >= 11 is 6.90. The first kappa shape index (κ1) is 20.8. The van der Waals surface area contributed by atoms with Crippen LogP contribution in [0.1, 0.15) is 21.9 Å². The molecular formula is C17H15ClF3N5O3S. The highest BCUT2D eigenvalue weighted by Gasteiger charge is 2.56. The number of hydrogen-bond acceptors (Lipinski definition) is 8. The van der Waals surface area contributed by atoms with Crippen LogP contribution >= 0.6 is 22.9 Å². The fourth-order valence-electron chi connectivity index (χ4n) is 3.34. The molecule has 1 fully saturated rings. The lowest BCUT2D eigenvalue weighted by Gasteiger charge is -2.44. The van der Waals surface area contributed by atoms with Crippen LogP contribution in [-0.4, -0.2) is 47.4 Å². The third-order valence-electron chi connectivity index (χ3n) is 4.86. The second-order valence-electron chi connectivity index (χ2n) is 6.81. The smallest absolute Gasteiger partial charge is 0.414 e. The van der Waals surface area contributed by atoms with E-state index in [0.29, 0.717) is 10.0 Å². The standard InChI is InChI=1S/C17H15ClF3N5O3S/c18-9-1-2-10(23-4-9)13(27)24-12-6-30-14(25-12)16-7-29-11(17(19,20)21)3-8(16)5-28-15(22)26-16/h1-2,4,6,8,11H,3,5,7H2,(H2,22,26)(H,24,27)/t8-,11+,16-/m0/s1. The predicted octanol–water partition coefficient (Wildman–Crippen LogP) is 2.95. The molecule has 3 atom stereocenters. The van der Waals surface area contributed by atoms with Crippen LogP contribution in [0.3, 0.4) is 0 Å². The molecule has 13 heteroatoms. The van der Waals surface area contributed by atoms with Crippen molar-refractivity contribution in [2.45, 2.75) is 24.2 Å². The van der Waals surface area contributed by atoms with Gasteiger partial charge in [0.25, 0.3) is 11.9 Å². The molecule has 0 aromatic carbocycles. The van der Waals surface area contributed by atoms with Crippen molar-refractivity contribution in [2.75, 3.05) is 18.5 Å². The molecule has 0 spiro atoms. The maximum absolute atomic E-state index is 13.1. The lowest BCUT2D eigenvalue weighted by atomic mass is 9.79. The van der Waals surface area contributed by atoms with Crippen LogP contribution in [0.2, 0.25) is 5.02 Å². The van der Waals surface area contributed by atoms with Crippen molar-refractivity contribution in [2.24, 2.45) is 16.6 Å². The van der Waals surface area contributed by atoms with Crippen molar-refractivity contribution in [1.29, 1.82) is 0 Å². The van der Waals surface area contributed by atoms with Crippen LogP contribution in [0, 0.1) is 5.92 Å². The Hall–Kier alpha value is -2.44. The maximum Gasteiger partial charge on any atom is 0.414 e. The number of carbonyl (C=O) groups is 1. The van der Waals surface area contributed by atoms with Gasteiger partial charge in [0.05, 0.1) is 18.2 Å². The fourth-order valence-corrected chi connectivity index (χ4v) is 4.42. The molecule has 3 N–H and O–H groups in total. The van der Waals surface area contributed by atoms with Gasteiger partial charge in [0.15, 0.2) is 6.10 Å². The fraction of sp³-hybridized carbons (Fsp3) is 0.412. The summed E-state index contributed by atoms with van der Waals surface area (Å²) in [7, 11) is 0. The van der Waals surface area contributed by atoms with Gasteiger partial charge in [0.2, 0.25) is 0 Å². The molecule has 2 aliphatic heterocycles. The number of nitrogens with one attached hydrogen (secondary N) is 1. The number of halogens is 4. The van der Waals surface area contributed by atoms with Gasteiger partial charge >= 0.3 is 6.18 Å². The van der Waals surface area contributed by atoms with Crippen LogP contribution in [0.4, 0.5) is 19.0 Å². The minimum absolute atomic E-state index is 0.0404. The second kappa shape index (κ2) is 7.67. The molecule has 4 heterocycles. The van der Waals surface area contributed by atoms with E-state index in [1.165, 1.54) is 18.3 Å². The topological polar surface area (TPSA) is 112 Å². The monoisotopic (exact) mass is 461 g/mol. The van der Waals surface area contributed by atoms with Gasteiger partial charge < -0.3 is 20.5 Å². The van der Waals surface area contributed by atoms with Crippen molar-refractivity contribution < 1.29 is 27.4 Å². The number of carbonyl (C=O) groups excluding carboxylic acids is 1. The number of hydrogen-bond donors (Lipinski definition) is 2.